The number of likely N-dealkylation sites (tertiary alicyclic amines) is 1. The molecule has 0 atom stereocenters. The number of benzene rings is 3. The zero-order valence-electron chi connectivity index (χ0n) is 15.9. The highest BCUT2D eigenvalue weighted by atomic mass is 16.7. The lowest BCUT2D eigenvalue weighted by Gasteiger charge is -2.47. The van der Waals surface area contributed by atoms with E-state index in [9.17, 15) is 0 Å². The first-order valence-corrected chi connectivity index (χ1v) is 9.59. The first-order valence-electron chi connectivity index (χ1n) is 9.59. The van der Waals surface area contributed by atoms with Crippen LogP contribution in [0.1, 0.15) is 11.1 Å². The highest BCUT2D eigenvalue weighted by Gasteiger charge is 2.45. The van der Waals surface area contributed by atoms with Gasteiger partial charge in [0, 0.05) is 0 Å². The third-order valence-electron chi connectivity index (χ3n) is 5.51. The van der Waals surface area contributed by atoms with E-state index >= 15 is 0 Å². The average molecular weight is 384 g/mol. The molecule has 3 aromatic carbocycles. The maximum Gasteiger partial charge on any atom is 0.231 e. The fraction of sp³-hybridized carbons (Fsp3) is 0.208. The molecule has 2 aliphatic heterocycles. The van der Waals surface area contributed by atoms with Crippen molar-refractivity contribution in [2.75, 3.05) is 19.9 Å². The molecule has 1 fully saturated rings. The standard InChI is InChI=1S/C24H20N2O3/c25-16-26-14-24(15-26,21-4-2-1-3-5-21)29-13-18-6-8-19(9-7-18)20-10-11-22-23(12-20)28-17-27-22/h1-12H,13-15,17H2. The largest absolute Gasteiger partial charge is 0.454 e. The molecular weight excluding hydrogens is 364 g/mol. The fourth-order valence-electron chi connectivity index (χ4n) is 3.83. The number of ether oxygens (including phenoxy) is 3. The molecule has 0 aliphatic carbocycles. The molecule has 29 heavy (non-hydrogen) atoms. The van der Waals surface area contributed by atoms with Crippen molar-refractivity contribution in [2.24, 2.45) is 0 Å². The van der Waals surface area contributed by atoms with Crippen LogP contribution in [0.3, 0.4) is 0 Å². The van der Waals surface area contributed by atoms with Crippen molar-refractivity contribution in [3.8, 4) is 28.8 Å². The van der Waals surface area contributed by atoms with Crippen molar-refractivity contribution in [3.63, 3.8) is 0 Å². The summed E-state index contributed by atoms with van der Waals surface area (Å²) in [6.07, 6.45) is 2.20. The molecule has 0 saturated carbocycles. The highest BCUT2D eigenvalue weighted by molar-refractivity contribution is 5.67. The van der Waals surface area contributed by atoms with Gasteiger partial charge in [-0.25, -0.2) is 0 Å². The monoisotopic (exact) mass is 384 g/mol. The van der Waals surface area contributed by atoms with Gasteiger partial charge in [0.05, 0.1) is 19.7 Å². The second kappa shape index (κ2) is 7.16. The van der Waals surface area contributed by atoms with Crippen LogP contribution in [0.25, 0.3) is 11.1 Å². The number of hydrogen-bond donors (Lipinski definition) is 0. The molecule has 5 rings (SSSR count). The second-order valence-corrected chi connectivity index (χ2v) is 7.37. The van der Waals surface area contributed by atoms with Crippen molar-refractivity contribution in [1.29, 1.82) is 5.26 Å². The van der Waals surface area contributed by atoms with Crippen molar-refractivity contribution in [2.45, 2.75) is 12.2 Å². The molecule has 0 amide bonds. The van der Waals surface area contributed by atoms with Gasteiger partial charge in [-0.05, 0) is 34.4 Å². The molecule has 2 aliphatic rings. The van der Waals surface area contributed by atoms with E-state index in [-0.39, 0.29) is 6.79 Å². The van der Waals surface area contributed by atoms with E-state index in [4.69, 9.17) is 19.5 Å². The Morgan fingerprint density at radius 3 is 2.38 bits per heavy atom. The van der Waals surface area contributed by atoms with Crippen LogP contribution >= 0.6 is 0 Å². The third-order valence-corrected chi connectivity index (χ3v) is 5.51. The van der Waals surface area contributed by atoms with E-state index in [2.05, 4.69) is 42.6 Å². The number of nitrogens with zero attached hydrogens (tertiary/aromatic N) is 2. The van der Waals surface area contributed by atoms with E-state index in [0.29, 0.717) is 19.7 Å². The molecule has 1 saturated heterocycles. The van der Waals surface area contributed by atoms with Crippen molar-refractivity contribution < 1.29 is 14.2 Å². The zero-order chi connectivity index (χ0) is 19.7. The van der Waals surface area contributed by atoms with Gasteiger partial charge in [-0.15, -0.1) is 0 Å². The number of fused-ring (bicyclic) bond motifs is 1. The Morgan fingerprint density at radius 1 is 0.897 bits per heavy atom. The SMILES string of the molecule is N#CN1CC(OCc2ccc(-c3ccc4c(c3)OCO4)cc2)(c2ccccc2)C1. The van der Waals surface area contributed by atoms with Gasteiger partial charge in [-0.3, -0.25) is 0 Å². The summed E-state index contributed by atoms with van der Waals surface area (Å²) < 4.78 is 17.2. The van der Waals surface area contributed by atoms with Crippen LogP contribution in [0, 0.1) is 11.5 Å². The van der Waals surface area contributed by atoms with Gasteiger partial charge in [0.1, 0.15) is 5.60 Å². The Kier molecular flexibility index (Phi) is 4.34. The predicted octanol–water partition coefficient (Wildman–Crippen LogP) is 4.29. The number of nitriles is 1. The normalized spacial score (nSPS) is 16.2. The molecule has 3 aromatic rings. The Morgan fingerprint density at radius 2 is 1.62 bits per heavy atom. The first-order chi connectivity index (χ1) is 14.3. The number of rotatable bonds is 5. The summed E-state index contributed by atoms with van der Waals surface area (Å²) in [5.41, 5.74) is 3.99. The molecular formula is C24H20N2O3. The molecule has 5 nitrogen and oxygen atoms in total. The predicted molar refractivity (Wildman–Crippen MR) is 108 cm³/mol. The lowest BCUT2D eigenvalue weighted by molar-refractivity contribution is -0.141. The molecule has 0 bridgehead atoms. The van der Waals surface area contributed by atoms with E-state index in [1.807, 2.05) is 36.4 Å². The zero-order valence-corrected chi connectivity index (χ0v) is 15.9. The van der Waals surface area contributed by atoms with Crippen LogP contribution in [0.15, 0.2) is 72.8 Å². The van der Waals surface area contributed by atoms with E-state index in [0.717, 1.165) is 33.8 Å². The quantitative estimate of drug-likeness (QED) is 0.614. The fourth-order valence-corrected chi connectivity index (χ4v) is 3.83. The Labute approximate surface area is 169 Å². The van der Waals surface area contributed by atoms with Gasteiger partial charge >= 0.3 is 0 Å². The van der Waals surface area contributed by atoms with Gasteiger partial charge in [0.2, 0.25) is 6.79 Å². The van der Waals surface area contributed by atoms with E-state index in [1.165, 1.54) is 0 Å². The summed E-state index contributed by atoms with van der Waals surface area (Å²) in [4.78, 5) is 1.72. The molecule has 0 unspecified atom stereocenters. The van der Waals surface area contributed by atoms with Crippen LogP contribution in [-0.4, -0.2) is 24.8 Å². The van der Waals surface area contributed by atoms with Crippen LogP contribution in [0.4, 0.5) is 0 Å². The Bertz CT molecular complexity index is 1050. The molecule has 5 heteroatoms. The van der Waals surface area contributed by atoms with Gasteiger partial charge in [-0.2, -0.15) is 5.26 Å². The van der Waals surface area contributed by atoms with Crippen LogP contribution in [-0.2, 0) is 16.9 Å². The Hall–Kier alpha value is -3.49. The lowest BCUT2D eigenvalue weighted by Crippen LogP contribution is -2.58. The van der Waals surface area contributed by atoms with Crippen LogP contribution in [0.2, 0.25) is 0 Å². The summed E-state index contributed by atoms with van der Waals surface area (Å²) in [6, 6.07) is 24.5. The van der Waals surface area contributed by atoms with Gasteiger partial charge in [-0.1, -0.05) is 60.7 Å². The van der Waals surface area contributed by atoms with Gasteiger partial charge in [0.15, 0.2) is 17.7 Å². The van der Waals surface area contributed by atoms with E-state index in [1.54, 1.807) is 4.90 Å². The van der Waals surface area contributed by atoms with E-state index < -0.39 is 5.60 Å². The van der Waals surface area contributed by atoms with Crippen molar-refractivity contribution in [1.82, 2.24) is 4.90 Å². The minimum atomic E-state index is -0.424. The average Bonchev–Trinajstić information content (AvgIpc) is 3.22. The van der Waals surface area contributed by atoms with Crippen molar-refractivity contribution >= 4 is 0 Å². The molecule has 0 N–H and O–H groups in total. The minimum absolute atomic E-state index is 0.279. The second-order valence-electron chi connectivity index (χ2n) is 7.37. The maximum atomic E-state index is 9.15. The summed E-state index contributed by atoms with van der Waals surface area (Å²) in [6.45, 7) is 1.95. The summed E-state index contributed by atoms with van der Waals surface area (Å²) in [5, 5.41) is 9.15. The lowest BCUT2D eigenvalue weighted by atomic mass is 9.86. The molecule has 2 heterocycles. The van der Waals surface area contributed by atoms with Crippen LogP contribution < -0.4 is 9.47 Å². The van der Waals surface area contributed by atoms with Gasteiger partial charge < -0.3 is 19.1 Å². The minimum Gasteiger partial charge on any atom is -0.454 e. The summed E-state index contributed by atoms with van der Waals surface area (Å²) >= 11 is 0. The molecule has 0 spiro atoms. The molecule has 0 radical (unpaired) electrons. The summed E-state index contributed by atoms with van der Waals surface area (Å²) in [7, 11) is 0. The van der Waals surface area contributed by atoms with Crippen LogP contribution in [0.5, 0.6) is 11.5 Å². The molecule has 0 aromatic heterocycles. The Balaban J connectivity index is 1.30. The highest BCUT2D eigenvalue weighted by Crippen LogP contribution is 2.37. The molecule has 144 valence electrons. The topological polar surface area (TPSA) is 54.7 Å². The number of hydrogen-bond acceptors (Lipinski definition) is 5. The van der Waals surface area contributed by atoms with Crippen molar-refractivity contribution in [3.05, 3.63) is 83.9 Å². The smallest absolute Gasteiger partial charge is 0.231 e. The third kappa shape index (κ3) is 3.28. The summed E-state index contributed by atoms with van der Waals surface area (Å²) in [5.74, 6) is 1.57. The maximum absolute atomic E-state index is 9.15. The first kappa shape index (κ1) is 17.6. The van der Waals surface area contributed by atoms with Gasteiger partial charge in [0.25, 0.3) is 0 Å².